The molecule has 4 rings (SSSR count). The van der Waals surface area contributed by atoms with Crippen LogP contribution in [-0.2, 0) is 17.5 Å². The van der Waals surface area contributed by atoms with Crippen molar-refractivity contribution in [2.45, 2.75) is 45.3 Å². The van der Waals surface area contributed by atoms with Crippen LogP contribution in [0.1, 0.15) is 46.5 Å². The van der Waals surface area contributed by atoms with Crippen molar-refractivity contribution in [1.29, 1.82) is 0 Å². The van der Waals surface area contributed by atoms with Gasteiger partial charge >= 0.3 is 18.3 Å². The quantitative estimate of drug-likeness (QED) is 0.598. The number of nitrogens with zero attached hydrogens (tertiary/aromatic N) is 1. The van der Waals surface area contributed by atoms with E-state index >= 15 is 0 Å². The molecule has 0 aliphatic carbocycles. The lowest BCUT2D eigenvalue weighted by Gasteiger charge is -2.40. The molecule has 2 aromatic carbocycles. The van der Waals surface area contributed by atoms with Gasteiger partial charge in [0.1, 0.15) is 11.4 Å². The summed E-state index contributed by atoms with van der Waals surface area (Å²) in [5.41, 5.74) is -3.17. The summed E-state index contributed by atoms with van der Waals surface area (Å²) in [5, 5.41) is 1.77. The molecule has 5 nitrogen and oxygen atoms in total. The minimum atomic E-state index is -5.28. The normalized spacial score (nSPS) is 17.3. The van der Waals surface area contributed by atoms with Crippen LogP contribution >= 0.6 is 0 Å². The predicted molar refractivity (Wildman–Crippen MR) is 108 cm³/mol. The Kier molecular flexibility index (Phi) is 5.22. The first-order valence-corrected chi connectivity index (χ1v) is 10.1. The van der Waals surface area contributed by atoms with Crippen LogP contribution in [0.4, 0.5) is 26.3 Å². The van der Waals surface area contributed by atoms with Gasteiger partial charge in [0.15, 0.2) is 0 Å². The summed E-state index contributed by atoms with van der Waals surface area (Å²) in [6.45, 7) is 3.73. The van der Waals surface area contributed by atoms with Crippen molar-refractivity contribution >= 4 is 17.5 Å². The van der Waals surface area contributed by atoms with Crippen LogP contribution in [-0.4, -0.2) is 28.5 Å². The Morgan fingerprint density at radius 1 is 1.06 bits per heavy atom. The molecule has 0 spiro atoms. The van der Waals surface area contributed by atoms with Crippen molar-refractivity contribution in [3.05, 3.63) is 69.9 Å². The highest BCUT2D eigenvalue weighted by Crippen LogP contribution is 2.48. The van der Waals surface area contributed by atoms with Crippen molar-refractivity contribution in [2.75, 3.05) is 0 Å². The number of carbonyl (C=O) groups excluding carboxylic acids is 2. The maximum Gasteiger partial charge on any atom is 0.471 e. The van der Waals surface area contributed by atoms with E-state index in [0.717, 1.165) is 24.0 Å². The molecule has 0 saturated carbocycles. The van der Waals surface area contributed by atoms with E-state index in [-0.39, 0.29) is 34.7 Å². The number of carbonyl (C=O) groups is 2. The van der Waals surface area contributed by atoms with E-state index in [4.69, 9.17) is 4.74 Å². The lowest BCUT2D eigenvalue weighted by Crippen LogP contribution is -2.49. The minimum absolute atomic E-state index is 0.0562. The maximum absolute atomic E-state index is 13.7. The number of rotatable bonds is 2. The minimum Gasteiger partial charge on any atom is -0.481 e. The van der Waals surface area contributed by atoms with Crippen LogP contribution in [0.3, 0.4) is 0 Å². The van der Waals surface area contributed by atoms with Gasteiger partial charge in [-0.2, -0.15) is 26.3 Å². The number of hydrogen-bond acceptors (Lipinski definition) is 3. The Balaban J connectivity index is 2.02. The average Bonchev–Trinajstić information content (AvgIpc) is 3.03. The molecule has 0 aromatic heterocycles. The SMILES string of the molecule is Cc1c(C(F)(F)F)ccc2c1C(N1Cc3ccccc3C1=O)=C(NC(=O)C(F)(F)F)C(C)(C)O2. The zero-order chi connectivity index (χ0) is 25.2. The molecule has 2 aliphatic rings. The first-order valence-electron chi connectivity index (χ1n) is 10.1. The fourth-order valence-corrected chi connectivity index (χ4v) is 4.21. The van der Waals surface area contributed by atoms with E-state index in [9.17, 15) is 35.9 Å². The Morgan fingerprint density at radius 2 is 1.71 bits per heavy atom. The number of hydrogen-bond donors (Lipinski definition) is 1. The largest absolute Gasteiger partial charge is 0.481 e. The molecule has 0 saturated heterocycles. The molecule has 2 aliphatic heterocycles. The van der Waals surface area contributed by atoms with Crippen LogP contribution < -0.4 is 10.1 Å². The van der Waals surface area contributed by atoms with E-state index in [1.54, 1.807) is 23.5 Å². The molecule has 34 heavy (non-hydrogen) atoms. The van der Waals surface area contributed by atoms with E-state index in [1.807, 2.05) is 0 Å². The molecular formula is C23H18F6N2O3. The zero-order valence-electron chi connectivity index (χ0n) is 18.1. The van der Waals surface area contributed by atoms with Crippen LogP contribution in [0.15, 0.2) is 42.1 Å². The van der Waals surface area contributed by atoms with Crippen LogP contribution in [0, 0.1) is 6.92 Å². The Morgan fingerprint density at radius 3 is 2.29 bits per heavy atom. The number of benzene rings is 2. The number of amides is 2. The predicted octanol–water partition coefficient (Wildman–Crippen LogP) is 5.19. The van der Waals surface area contributed by atoms with Gasteiger partial charge in [-0.3, -0.25) is 9.59 Å². The van der Waals surface area contributed by atoms with Gasteiger partial charge in [-0.05, 0) is 50.1 Å². The molecule has 2 aromatic rings. The zero-order valence-corrected chi connectivity index (χ0v) is 18.1. The Hall–Kier alpha value is -3.50. The summed E-state index contributed by atoms with van der Waals surface area (Å²) in [4.78, 5) is 26.2. The molecule has 0 atom stereocenters. The van der Waals surface area contributed by atoms with Crippen molar-refractivity contribution in [2.24, 2.45) is 0 Å². The molecule has 0 bridgehead atoms. The summed E-state index contributed by atoms with van der Waals surface area (Å²) in [6, 6.07) is 8.26. The molecule has 11 heteroatoms. The van der Waals surface area contributed by atoms with Crippen LogP contribution in [0.5, 0.6) is 5.75 Å². The third kappa shape index (κ3) is 3.78. The highest BCUT2D eigenvalue weighted by Gasteiger charge is 2.47. The highest BCUT2D eigenvalue weighted by atomic mass is 19.4. The smallest absolute Gasteiger partial charge is 0.471 e. The molecule has 0 fully saturated rings. The third-order valence-electron chi connectivity index (χ3n) is 5.76. The molecule has 0 unspecified atom stereocenters. The summed E-state index contributed by atoms with van der Waals surface area (Å²) < 4.78 is 86.2. The standard InChI is InChI=1S/C23H18F6N2O3/c1-11-14(22(24,25)26)8-9-15-16(11)17(31-10-12-6-4-5-7-13(12)19(31)32)18(21(2,3)34-15)30-20(33)23(27,28)29/h4-9H,10H2,1-3H3,(H,30,33). The number of fused-ring (bicyclic) bond motifs is 2. The second kappa shape index (κ2) is 7.51. The van der Waals surface area contributed by atoms with Crippen LogP contribution in [0.25, 0.3) is 5.70 Å². The van der Waals surface area contributed by atoms with Crippen molar-refractivity contribution in [1.82, 2.24) is 10.2 Å². The molecule has 0 radical (unpaired) electrons. The van der Waals surface area contributed by atoms with Gasteiger partial charge in [0.05, 0.1) is 23.5 Å². The number of alkyl halides is 6. The Labute approximate surface area is 190 Å². The lowest BCUT2D eigenvalue weighted by atomic mass is 9.89. The summed E-state index contributed by atoms with van der Waals surface area (Å²) in [6.07, 6.45) is -10.1. The first-order chi connectivity index (χ1) is 15.6. The van der Waals surface area contributed by atoms with Gasteiger partial charge in [-0.15, -0.1) is 0 Å². The number of halogens is 6. The maximum atomic E-state index is 13.7. The fourth-order valence-electron chi connectivity index (χ4n) is 4.21. The second-order valence-corrected chi connectivity index (χ2v) is 8.45. The second-order valence-electron chi connectivity index (χ2n) is 8.45. The van der Waals surface area contributed by atoms with E-state index in [1.165, 1.54) is 19.9 Å². The highest BCUT2D eigenvalue weighted by molar-refractivity contribution is 6.05. The van der Waals surface area contributed by atoms with Gasteiger partial charge in [0.2, 0.25) is 0 Å². The van der Waals surface area contributed by atoms with Crippen molar-refractivity contribution in [3.63, 3.8) is 0 Å². The van der Waals surface area contributed by atoms with Gasteiger partial charge in [-0.25, -0.2) is 0 Å². The number of nitrogens with one attached hydrogen (secondary N) is 1. The topological polar surface area (TPSA) is 58.6 Å². The summed E-state index contributed by atoms with van der Waals surface area (Å²) in [7, 11) is 0. The van der Waals surface area contributed by atoms with E-state index < -0.39 is 41.0 Å². The molecule has 180 valence electrons. The van der Waals surface area contributed by atoms with Gasteiger partial charge in [0.25, 0.3) is 5.91 Å². The van der Waals surface area contributed by atoms with Crippen LogP contribution in [0.2, 0.25) is 0 Å². The molecule has 2 amide bonds. The van der Waals surface area contributed by atoms with Gasteiger partial charge in [-0.1, -0.05) is 18.2 Å². The molecule has 2 heterocycles. The van der Waals surface area contributed by atoms with E-state index in [0.29, 0.717) is 5.56 Å². The molecule has 1 N–H and O–H groups in total. The first kappa shape index (κ1) is 23.7. The van der Waals surface area contributed by atoms with Crippen molar-refractivity contribution in [3.8, 4) is 5.75 Å². The van der Waals surface area contributed by atoms with E-state index in [2.05, 4.69) is 0 Å². The Bertz CT molecular complexity index is 1240. The van der Waals surface area contributed by atoms with Crippen molar-refractivity contribution < 1.29 is 40.7 Å². The summed E-state index contributed by atoms with van der Waals surface area (Å²) in [5.74, 6) is -3.02. The molecular weight excluding hydrogens is 466 g/mol. The summed E-state index contributed by atoms with van der Waals surface area (Å²) >= 11 is 0. The monoisotopic (exact) mass is 484 g/mol. The third-order valence-corrected chi connectivity index (χ3v) is 5.76. The average molecular weight is 484 g/mol. The fraction of sp³-hybridized carbons (Fsp3) is 0.304. The number of ether oxygens (including phenoxy) is 1. The van der Waals surface area contributed by atoms with Gasteiger partial charge < -0.3 is 15.0 Å². The lowest BCUT2D eigenvalue weighted by molar-refractivity contribution is -0.173. The van der Waals surface area contributed by atoms with Gasteiger partial charge in [0, 0.05) is 11.1 Å².